The van der Waals surface area contributed by atoms with Crippen LogP contribution in [0.2, 0.25) is 0 Å². The lowest BCUT2D eigenvalue weighted by Gasteiger charge is -2.03. The summed E-state index contributed by atoms with van der Waals surface area (Å²) in [5, 5.41) is 0. The zero-order valence-corrected chi connectivity index (χ0v) is 9.86. The van der Waals surface area contributed by atoms with Gasteiger partial charge in [0.2, 0.25) is 0 Å². The van der Waals surface area contributed by atoms with Gasteiger partial charge in [0.1, 0.15) is 18.3 Å². The van der Waals surface area contributed by atoms with Crippen LogP contribution in [-0.2, 0) is 16.0 Å². The molecule has 4 heteroatoms. The fourth-order valence-electron chi connectivity index (χ4n) is 1.90. The van der Waals surface area contributed by atoms with Crippen LogP contribution < -0.4 is 4.74 Å². The standard InChI is InChI=1S/C13H14O4/c1-8-5-10-6-9(3-4-12(10)17-8)11(14)7-13(15)16-2/h3-4,6,8H,5,7H2,1-2H3. The second-order valence-corrected chi connectivity index (χ2v) is 4.13. The van der Waals surface area contributed by atoms with E-state index in [4.69, 9.17) is 4.74 Å². The van der Waals surface area contributed by atoms with E-state index in [9.17, 15) is 9.59 Å². The van der Waals surface area contributed by atoms with Gasteiger partial charge in [-0.15, -0.1) is 0 Å². The van der Waals surface area contributed by atoms with Crippen LogP contribution in [0.25, 0.3) is 0 Å². The number of esters is 1. The van der Waals surface area contributed by atoms with Crippen LogP contribution in [0, 0.1) is 0 Å². The molecule has 1 aromatic carbocycles. The Morgan fingerprint density at radius 2 is 2.24 bits per heavy atom. The van der Waals surface area contributed by atoms with Gasteiger partial charge in [-0.1, -0.05) is 0 Å². The first-order valence-corrected chi connectivity index (χ1v) is 5.49. The molecule has 1 heterocycles. The summed E-state index contributed by atoms with van der Waals surface area (Å²) in [5.41, 5.74) is 1.56. The summed E-state index contributed by atoms with van der Waals surface area (Å²) in [6.07, 6.45) is 0.733. The zero-order chi connectivity index (χ0) is 12.4. The molecular formula is C13H14O4. The van der Waals surface area contributed by atoms with Gasteiger partial charge in [-0.05, 0) is 30.7 Å². The normalized spacial score (nSPS) is 17.2. The highest BCUT2D eigenvalue weighted by Gasteiger charge is 2.21. The molecule has 1 atom stereocenters. The maximum absolute atomic E-state index is 11.8. The molecule has 0 saturated heterocycles. The number of rotatable bonds is 3. The lowest BCUT2D eigenvalue weighted by atomic mass is 10.0. The fourth-order valence-corrected chi connectivity index (χ4v) is 1.90. The van der Waals surface area contributed by atoms with Crippen LogP contribution in [0.4, 0.5) is 0 Å². The summed E-state index contributed by atoms with van der Waals surface area (Å²) in [4.78, 5) is 22.8. The number of hydrogen-bond donors (Lipinski definition) is 0. The molecule has 0 aromatic heterocycles. The van der Waals surface area contributed by atoms with E-state index < -0.39 is 5.97 Å². The lowest BCUT2D eigenvalue weighted by Crippen LogP contribution is -2.09. The Hall–Kier alpha value is -1.84. The highest BCUT2D eigenvalue weighted by Crippen LogP contribution is 2.29. The molecular weight excluding hydrogens is 220 g/mol. The molecule has 0 saturated carbocycles. The summed E-state index contributed by atoms with van der Waals surface area (Å²) in [6, 6.07) is 5.26. The molecule has 4 nitrogen and oxygen atoms in total. The average Bonchev–Trinajstić information content (AvgIpc) is 2.67. The van der Waals surface area contributed by atoms with Crippen molar-refractivity contribution in [2.45, 2.75) is 25.9 Å². The summed E-state index contributed by atoms with van der Waals surface area (Å²) in [6.45, 7) is 1.98. The van der Waals surface area contributed by atoms with Crippen molar-refractivity contribution in [2.24, 2.45) is 0 Å². The highest BCUT2D eigenvalue weighted by molar-refractivity contribution is 6.06. The molecule has 90 valence electrons. The molecule has 0 amide bonds. The van der Waals surface area contributed by atoms with Crippen LogP contribution in [0.3, 0.4) is 0 Å². The molecule has 0 N–H and O–H groups in total. The van der Waals surface area contributed by atoms with Gasteiger partial charge in [0.05, 0.1) is 7.11 Å². The van der Waals surface area contributed by atoms with E-state index in [1.807, 2.05) is 6.92 Å². The summed E-state index contributed by atoms with van der Waals surface area (Å²) in [7, 11) is 1.27. The van der Waals surface area contributed by atoms with Gasteiger partial charge < -0.3 is 9.47 Å². The number of methoxy groups -OCH3 is 1. The van der Waals surface area contributed by atoms with E-state index in [2.05, 4.69) is 4.74 Å². The van der Waals surface area contributed by atoms with Crippen molar-refractivity contribution in [3.05, 3.63) is 29.3 Å². The van der Waals surface area contributed by atoms with Crippen molar-refractivity contribution in [1.82, 2.24) is 0 Å². The summed E-state index contributed by atoms with van der Waals surface area (Å²) >= 11 is 0. The maximum Gasteiger partial charge on any atom is 0.313 e. The summed E-state index contributed by atoms with van der Waals surface area (Å²) in [5.74, 6) is 0.0893. The quantitative estimate of drug-likeness (QED) is 0.454. The smallest absolute Gasteiger partial charge is 0.313 e. The van der Waals surface area contributed by atoms with Crippen molar-refractivity contribution < 1.29 is 19.1 Å². The Morgan fingerprint density at radius 3 is 2.94 bits per heavy atom. The lowest BCUT2D eigenvalue weighted by molar-refractivity contribution is -0.139. The third-order valence-corrected chi connectivity index (χ3v) is 2.75. The monoisotopic (exact) mass is 234 g/mol. The third kappa shape index (κ3) is 2.46. The Bertz CT molecular complexity index is 464. The molecule has 0 radical (unpaired) electrons. The summed E-state index contributed by atoms with van der Waals surface area (Å²) < 4.78 is 10.0. The minimum atomic E-state index is -0.514. The fraction of sp³-hybridized carbons (Fsp3) is 0.385. The Morgan fingerprint density at radius 1 is 1.47 bits per heavy atom. The van der Waals surface area contributed by atoms with Crippen molar-refractivity contribution in [3.63, 3.8) is 0 Å². The largest absolute Gasteiger partial charge is 0.490 e. The Balaban J connectivity index is 2.16. The molecule has 1 aromatic rings. The van der Waals surface area contributed by atoms with Gasteiger partial charge in [0, 0.05) is 12.0 Å². The van der Waals surface area contributed by atoms with E-state index in [0.29, 0.717) is 5.56 Å². The van der Waals surface area contributed by atoms with E-state index in [1.165, 1.54) is 7.11 Å². The van der Waals surface area contributed by atoms with Crippen LogP contribution in [0.1, 0.15) is 29.3 Å². The van der Waals surface area contributed by atoms with Crippen LogP contribution >= 0.6 is 0 Å². The molecule has 0 fully saturated rings. The number of carbonyl (C=O) groups excluding carboxylic acids is 2. The number of hydrogen-bond acceptors (Lipinski definition) is 4. The van der Waals surface area contributed by atoms with Gasteiger partial charge in [-0.3, -0.25) is 9.59 Å². The van der Waals surface area contributed by atoms with E-state index in [0.717, 1.165) is 17.7 Å². The van der Waals surface area contributed by atoms with Crippen LogP contribution in [0.5, 0.6) is 5.75 Å². The van der Waals surface area contributed by atoms with E-state index in [1.54, 1.807) is 18.2 Å². The van der Waals surface area contributed by atoms with Gasteiger partial charge in [0.25, 0.3) is 0 Å². The number of benzene rings is 1. The second kappa shape index (κ2) is 4.57. The van der Waals surface area contributed by atoms with Crippen LogP contribution in [-0.4, -0.2) is 25.0 Å². The van der Waals surface area contributed by atoms with Crippen molar-refractivity contribution in [2.75, 3.05) is 7.11 Å². The minimum Gasteiger partial charge on any atom is -0.490 e. The second-order valence-electron chi connectivity index (χ2n) is 4.13. The first kappa shape index (κ1) is 11.6. The number of fused-ring (bicyclic) bond motifs is 1. The molecule has 0 aliphatic carbocycles. The molecule has 2 rings (SSSR count). The molecule has 1 aliphatic heterocycles. The number of carbonyl (C=O) groups is 2. The van der Waals surface area contributed by atoms with E-state index in [-0.39, 0.29) is 18.3 Å². The first-order valence-electron chi connectivity index (χ1n) is 5.49. The molecule has 1 unspecified atom stereocenters. The van der Waals surface area contributed by atoms with Crippen LogP contribution in [0.15, 0.2) is 18.2 Å². The highest BCUT2D eigenvalue weighted by atomic mass is 16.5. The Labute approximate surface area is 99.5 Å². The van der Waals surface area contributed by atoms with Gasteiger partial charge in [-0.25, -0.2) is 0 Å². The van der Waals surface area contributed by atoms with Gasteiger partial charge in [0.15, 0.2) is 5.78 Å². The number of ether oxygens (including phenoxy) is 2. The maximum atomic E-state index is 11.8. The van der Waals surface area contributed by atoms with Crippen molar-refractivity contribution in [1.29, 1.82) is 0 Å². The number of ketones is 1. The predicted octanol–water partition coefficient (Wildman–Crippen LogP) is 1.76. The predicted molar refractivity (Wildman–Crippen MR) is 61.2 cm³/mol. The molecule has 0 bridgehead atoms. The Kier molecular flexibility index (Phi) is 3.13. The van der Waals surface area contributed by atoms with Crippen molar-refractivity contribution >= 4 is 11.8 Å². The average molecular weight is 234 g/mol. The van der Waals surface area contributed by atoms with Gasteiger partial charge in [-0.2, -0.15) is 0 Å². The number of Topliss-reactive ketones (excluding diaryl/α,β-unsaturated/α-hetero) is 1. The first-order chi connectivity index (χ1) is 8.10. The van der Waals surface area contributed by atoms with Gasteiger partial charge >= 0.3 is 5.97 Å². The molecule has 17 heavy (non-hydrogen) atoms. The van der Waals surface area contributed by atoms with Crippen molar-refractivity contribution in [3.8, 4) is 5.75 Å². The molecule has 0 spiro atoms. The SMILES string of the molecule is COC(=O)CC(=O)c1ccc2c(c1)CC(C)O2. The van der Waals surface area contributed by atoms with E-state index >= 15 is 0 Å². The topological polar surface area (TPSA) is 52.6 Å². The zero-order valence-electron chi connectivity index (χ0n) is 9.86. The minimum absolute atomic E-state index is 0.149. The molecule has 1 aliphatic rings. The third-order valence-electron chi connectivity index (χ3n) is 2.75.